The predicted molar refractivity (Wildman–Crippen MR) is 60.1 cm³/mol. The number of methoxy groups -OCH3 is 1. The molecule has 0 aliphatic heterocycles. The van der Waals surface area contributed by atoms with E-state index in [0.29, 0.717) is 11.8 Å². The normalized spacial score (nSPS) is 27.5. The van der Waals surface area contributed by atoms with E-state index in [-0.39, 0.29) is 12.0 Å². The fraction of sp³-hybridized carbons (Fsp3) is 0.538. The number of hydrogen-bond donors (Lipinski definition) is 1. The molecule has 82 valence electrons. The molecule has 1 aromatic rings. The number of benzene rings is 1. The van der Waals surface area contributed by atoms with E-state index in [1.54, 1.807) is 7.11 Å². The standard InChI is InChI=1S/C13H18O2/c1-13(2)11(8-14)12(13)9-5-4-6-10(7-9)15-3/h4-7,11-12,14H,8H2,1-3H3/t11-,12-/m0/s1. The zero-order chi connectivity index (χ0) is 11.1. The largest absolute Gasteiger partial charge is 0.497 e. The lowest BCUT2D eigenvalue weighted by Crippen LogP contribution is -1.93. The maximum Gasteiger partial charge on any atom is 0.119 e. The molecule has 1 saturated carbocycles. The maximum absolute atomic E-state index is 9.27. The van der Waals surface area contributed by atoms with Gasteiger partial charge in [0.2, 0.25) is 0 Å². The van der Waals surface area contributed by atoms with Crippen molar-refractivity contribution in [3.05, 3.63) is 29.8 Å². The summed E-state index contributed by atoms with van der Waals surface area (Å²) in [4.78, 5) is 0. The molecule has 0 amide bonds. The van der Waals surface area contributed by atoms with E-state index >= 15 is 0 Å². The first-order valence-corrected chi connectivity index (χ1v) is 5.36. The first-order valence-electron chi connectivity index (χ1n) is 5.36. The number of hydrogen-bond acceptors (Lipinski definition) is 2. The van der Waals surface area contributed by atoms with Crippen molar-refractivity contribution in [3.63, 3.8) is 0 Å². The van der Waals surface area contributed by atoms with Gasteiger partial charge in [0.15, 0.2) is 0 Å². The van der Waals surface area contributed by atoms with Crippen LogP contribution in [0, 0.1) is 11.3 Å². The fourth-order valence-electron chi connectivity index (χ4n) is 2.58. The Labute approximate surface area is 90.9 Å². The summed E-state index contributed by atoms with van der Waals surface area (Å²) in [5.74, 6) is 1.76. The zero-order valence-electron chi connectivity index (χ0n) is 9.53. The molecule has 0 aromatic heterocycles. The van der Waals surface area contributed by atoms with Crippen molar-refractivity contribution in [2.45, 2.75) is 19.8 Å². The van der Waals surface area contributed by atoms with E-state index in [9.17, 15) is 5.11 Å². The summed E-state index contributed by atoms with van der Waals surface area (Å²) in [5, 5.41) is 9.27. The molecule has 0 bridgehead atoms. The zero-order valence-corrected chi connectivity index (χ0v) is 9.53. The molecule has 0 radical (unpaired) electrons. The molecule has 1 aliphatic carbocycles. The van der Waals surface area contributed by atoms with Crippen molar-refractivity contribution in [2.75, 3.05) is 13.7 Å². The van der Waals surface area contributed by atoms with Crippen molar-refractivity contribution in [1.82, 2.24) is 0 Å². The molecule has 2 atom stereocenters. The van der Waals surface area contributed by atoms with Crippen LogP contribution in [0.2, 0.25) is 0 Å². The van der Waals surface area contributed by atoms with Crippen LogP contribution in [0.4, 0.5) is 0 Å². The molecule has 0 saturated heterocycles. The van der Waals surface area contributed by atoms with Gasteiger partial charge >= 0.3 is 0 Å². The quantitative estimate of drug-likeness (QED) is 0.823. The van der Waals surface area contributed by atoms with Crippen LogP contribution in [0.3, 0.4) is 0 Å². The molecule has 15 heavy (non-hydrogen) atoms. The molecule has 1 N–H and O–H groups in total. The van der Waals surface area contributed by atoms with Crippen molar-refractivity contribution >= 4 is 0 Å². The van der Waals surface area contributed by atoms with Crippen molar-refractivity contribution in [1.29, 1.82) is 0 Å². The monoisotopic (exact) mass is 206 g/mol. The van der Waals surface area contributed by atoms with Gasteiger partial charge in [0.25, 0.3) is 0 Å². The van der Waals surface area contributed by atoms with Crippen LogP contribution in [-0.4, -0.2) is 18.8 Å². The van der Waals surface area contributed by atoms with Crippen LogP contribution in [0.25, 0.3) is 0 Å². The van der Waals surface area contributed by atoms with E-state index in [4.69, 9.17) is 4.74 Å². The van der Waals surface area contributed by atoms with Crippen LogP contribution in [0.5, 0.6) is 5.75 Å². The second-order valence-electron chi connectivity index (χ2n) is 4.86. The van der Waals surface area contributed by atoms with Gasteiger partial charge in [-0.2, -0.15) is 0 Å². The van der Waals surface area contributed by atoms with E-state index < -0.39 is 0 Å². The molecule has 1 aromatic carbocycles. The minimum absolute atomic E-state index is 0.223. The molecule has 1 fully saturated rings. The number of aliphatic hydroxyl groups is 1. The van der Waals surface area contributed by atoms with Crippen LogP contribution < -0.4 is 4.74 Å². The van der Waals surface area contributed by atoms with Gasteiger partial charge in [-0.1, -0.05) is 26.0 Å². The third-order valence-corrected chi connectivity index (χ3v) is 3.70. The SMILES string of the molecule is COc1cccc([C@H]2[C@H](CO)C2(C)C)c1. The summed E-state index contributed by atoms with van der Waals surface area (Å²) in [6.07, 6.45) is 0. The maximum atomic E-state index is 9.27. The van der Waals surface area contributed by atoms with Gasteiger partial charge in [0.1, 0.15) is 5.75 Å². The molecule has 1 aliphatic rings. The van der Waals surface area contributed by atoms with E-state index in [1.807, 2.05) is 12.1 Å². The predicted octanol–water partition coefficient (Wildman–Crippen LogP) is 2.43. The van der Waals surface area contributed by atoms with Gasteiger partial charge in [0, 0.05) is 6.61 Å². The number of ether oxygens (including phenoxy) is 1. The second-order valence-corrected chi connectivity index (χ2v) is 4.86. The molecule has 0 unspecified atom stereocenters. The lowest BCUT2D eigenvalue weighted by atomic mass is 10.0. The number of aliphatic hydroxyl groups excluding tert-OH is 1. The highest BCUT2D eigenvalue weighted by atomic mass is 16.5. The molecule has 2 rings (SSSR count). The summed E-state index contributed by atoms with van der Waals surface area (Å²) < 4.78 is 5.21. The Morgan fingerprint density at radius 1 is 1.40 bits per heavy atom. The van der Waals surface area contributed by atoms with Crippen LogP contribution in [0.15, 0.2) is 24.3 Å². The highest BCUT2D eigenvalue weighted by Gasteiger charge is 2.57. The summed E-state index contributed by atoms with van der Waals surface area (Å²) >= 11 is 0. The fourth-order valence-corrected chi connectivity index (χ4v) is 2.58. The van der Waals surface area contributed by atoms with Crippen molar-refractivity contribution in [3.8, 4) is 5.75 Å². The highest BCUT2D eigenvalue weighted by molar-refractivity contribution is 5.37. The average Bonchev–Trinajstić information content (AvgIpc) is 2.80. The Hall–Kier alpha value is -1.02. The molecular weight excluding hydrogens is 188 g/mol. The van der Waals surface area contributed by atoms with Gasteiger partial charge in [-0.05, 0) is 34.9 Å². The third-order valence-electron chi connectivity index (χ3n) is 3.70. The molecule has 0 spiro atoms. The van der Waals surface area contributed by atoms with Gasteiger partial charge in [0.05, 0.1) is 7.11 Å². The second kappa shape index (κ2) is 3.53. The Morgan fingerprint density at radius 2 is 2.13 bits per heavy atom. The summed E-state index contributed by atoms with van der Waals surface area (Å²) in [5.41, 5.74) is 1.50. The van der Waals surface area contributed by atoms with Crippen LogP contribution in [0.1, 0.15) is 25.3 Å². The topological polar surface area (TPSA) is 29.5 Å². The molecule has 2 nitrogen and oxygen atoms in total. The third kappa shape index (κ3) is 1.63. The Bertz CT molecular complexity index is 357. The van der Waals surface area contributed by atoms with Crippen molar-refractivity contribution in [2.24, 2.45) is 11.3 Å². The average molecular weight is 206 g/mol. The molecule has 2 heteroatoms. The Balaban J connectivity index is 2.24. The van der Waals surface area contributed by atoms with Gasteiger partial charge in [-0.25, -0.2) is 0 Å². The van der Waals surface area contributed by atoms with Gasteiger partial charge in [-0.15, -0.1) is 0 Å². The Kier molecular flexibility index (Phi) is 2.47. The number of rotatable bonds is 3. The first-order chi connectivity index (χ1) is 7.11. The minimum atomic E-state index is 0.223. The highest BCUT2D eigenvalue weighted by Crippen LogP contribution is 2.64. The lowest BCUT2D eigenvalue weighted by molar-refractivity contribution is 0.256. The summed E-state index contributed by atoms with van der Waals surface area (Å²) in [6, 6.07) is 8.15. The van der Waals surface area contributed by atoms with Gasteiger partial charge in [-0.3, -0.25) is 0 Å². The summed E-state index contributed by atoms with van der Waals surface area (Å²) in [7, 11) is 1.68. The summed E-state index contributed by atoms with van der Waals surface area (Å²) in [6.45, 7) is 4.69. The van der Waals surface area contributed by atoms with E-state index in [1.165, 1.54) is 5.56 Å². The lowest BCUT2D eigenvalue weighted by Gasteiger charge is -2.05. The van der Waals surface area contributed by atoms with Crippen LogP contribution >= 0.6 is 0 Å². The van der Waals surface area contributed by atoms with Gasteiger partial charge < -0.3 is 9.84 Å². The minimum Gasteiger partial charge on any atom is -0.497 e. The van der Waals surface area contributed by atoms with E-state index in [2.05, 4.69) is 26.0 Å². The first kappa shape index (κ1) is 10.5. The molecular formula is C13H18O2. The van der Waals surface area contributed by atoms with E-state index in [0.717, 1.165) is 5.75 Å². The van der Waals surface area contributed by atoms with Crippen LogP contribution in [-0.2, 0) is 0 Å². The molecule has 0 heterocycles. The van der Waals surface area contributed by atoms with Crippen molar-refractivity contribution < 1.29 is 9.84 Å². The smallest absolute Gasteiger partial charge is 0.119 e. The Morgan fingerprint density at radius 3 is 2.67 bits per heavy atom.